The van der Waals surface area contributed by atoms with Gasteiger partial charge in [-0.1, -0.05) is 24.3 Å². The lowest BCUT2D eigenvalue weighted by molar-refractivity contribution is 0.236. The van der Waals surface area contributed by atoms with Crippen LogP contribution in [0.4, 0.5) is 4.79 Å². The first-order valence-electron chi connectivity index (χ1n) is 8.80. The summed E-state index contributed by atoms with van der Waals surface area (Å²) in [4.78, 5) is 20.4. The van der Waals surface area contributed by atoms with Gasteiger partial charge in [0.15, 0.2) is 0 Å². The number of imidazole rings is 1. The highest BCUT2D eigenvalue weighted by molar-refractivity contribution is 7.98. The number of nitrogens with zero attached hydrogens (tertiary/aromatic N) is 1. The number of aromatic amines is 1. The summed E-state index contributed by atoms with van der Waals surface area (Å²) in [5.74, 6) is 2.51. The van der Waals surface area contributed by atoms with E-state index in [0.29, 0.717) is 6.54 Å². The Morgan fingerprint density at radius 1 is 1.22 bits per heavy atom. The molecule has 1 aromatic heterocycles. The fraction of sp³-hybridized carbons (Fsp3) is 0.300. The van der Waals surface area contributed by atoms with Crippen molar-refractivity contribution in [3.05, 3.63) is 59.9 Å². The second-order valence-corrected chi connectivity index (χ2v) is 7.13. The van der Waals surface area contributed by atoms with E-state index in [1.807, 2.05) is 48.5 Å². The van der Waals surface area contributed by atoms with Gasteiger partial charge in [0.05, 0.1) is 24.2 Å². The lowest BCUT2D eigenvalue weighted by Crippen LogP contribution is -2.38. The number of carbonyl (C=O) groups excluding carboxylic acids is 1. The predicted octanol–water partition coefficient (Wildman–Crippen LogP) is 3.87. The molecule has 0 bridgehead atoms. The first-order chi connectivity index (χ1) is 13.2. The molecule has 1 unspecified atom stereocenters. The highest BCUT2D eigenvalue weighted by Crippen LogP contribution is 2.20. The van der Waals surface area contributed by atoms with E-state index in [1.54, 1.807) is 18.9 Å². The summed E-state index contributed by atoms with van der Waals surface area (Å²) < 4.78 is 5.15. The van der Waals surface area contributed by atoms with Crippen molar-refractivity contribution in [2.24, 2.45) is 0 Å². The predicted molar refractivity (Wildman–Crippen MR) is 110 cm³/mol. The lowest BCUT2D eigenvalue weighted by Gasteiger charge is -2.17. The molecule has 3 N–H and O–H groups in total. The minimum Gasteiger partial charge on any atom is -0.497 e. The van der Waals surface area contributed by atoms with E-state index in [2.05, 4.69) is 26.9 Å². The van der Waals surface area contributed by atoms with Crippen molar-refractivity contribution in [3.8, 4) is 5.75 Å². The number of hydrogen-bond donors (Lipinski definition) is 3. The smallest absolute Gasteiger partial charge is 0.315 e. The molecule has 3 rings (SSSR count). The SMILES string of the molecule is COc1ccc(CNC(=O)NC(CCSC)c2nc3ccccc3[nH]2)cc1. The summed E-state index contributed by atoms with van der Waals surface area (Å²) in [6.07, 6.45) is 2.86. The molecule has 2 aromatic carbocycles. The average Bonchev–Trinajstić information content (AvgIpc) is 3.14. The van der Waals surface area contributed by atoms with Crippen LogP contribution in [-0.2, 0) is 6.54 Å². The fourth-order valence-corrected chi connectivity index (χ4v) is 3.26. The van der Waals surface area contributed by atoms with Crippen LogP contribution in [-0.4, -0.2) is 35.1 Å². The van der Waals surface area contributed by atoms with Crippen LogP contribution >= 0.6 is 11.8 Å². The molecular weight excluding hydrogens is 360 g/mol. The fourth-order valence-electron chi connectivity index (χ4n) is 2.79. The van der Waals surface area contributed by atoms with E-state index in [0.717, 1.165) is 40.3 Å². The maximum atomic E-state index is 12.4. The van der Waals surface area contributed by atoms with Crippen LogP contribution in [0.5, 0.6) is 5.75 Å². The van der Waals surface area contributed by atoms with Crippen molar-refractivity contribution < 1.29 is 9.53 Å². The summed E-state index contributed by atoms with van der Waals surface area (Å²) in [5.41, 5.74) is 2.89. The Hall–Kier alpha value is -2.67. The molecule has 142 valence electrons. The number of aromatic nitrogens is 2. The summed E-state index contributed by atoms with van der Waals surface area (Å²) in [6, 6.07) is 15.1. The third-order valence-corrected chi connectivity index (χ3v) is 4.91. The van der Waals surface area contributed by atoms with Gasteiger partial charge >= 0.3 is 6.03 Å². The minimum absolute atomic E-state index is 0.166. The topological polar surface area (TPSA) is 79.0 Å². The minimum atomic E-state index is -0.211. The molecule has 0 aliphatic rings. The Balaban J connectivity index is 1.63. The molecule has 0 spiro atoms. The number of methoxy groups -OCH3 is 1. The molecule has 3 aromatic rings. The molecule has 27 heavy (non-hydrogen) atoms. The summed E-state index contributed by atoms with van der Waals surface area (Å²) in [7, 11) is 1.63. The summed E-state index contributed by atoms with van der Waals surface area (Å²) >= 11 is 1.75. The van der Waals surface area contributed by atoms with Crippen LogP contribution in [0.2, 0.25) is 0 Å². The third kappa shape index (κ3) is 5.17. The first kappa shape index (κ1) is 19.1. The number of fused-ring (bicyclic) bond motifs is 1. The monoisotopic (exact) mass is 384 g/mol. The van der Waals surface area contributed by atoms with Gasteiger partial charge in [-0.25, -0.2) is 9.78 Å². The normalized spacial score (nSPS) is 11.9. The van der Waals surface area contributed by atoms with Crippen molar-refractivity contribution in [1.29, 1.82) is 0 Å². The summed E-state index contributed by atoms with van der Waals surface area (Å²) in [6.45, 7) is 0.450. The van der Waals surface area contributed by atoms with E-state index >= 15 is 0 Å². The van der Waals surface area contributed by atoms with Crippen molar-refractivity contribution in [1.82, 2.24) is 20.6 Å². The number of para-hydroxylation sites is 2. The second kappa shape index (κ2) is 9.32. The standard InChI is InChI=1S/C20H24N4O2S/c1-26-15-9-7-14(8-10-15)13-21-20(25)24-18(11-12-27-2)19-22-16-5-3-4-6-17(16)23-19/h3-10,18H,11-13H2,1-2H3,(H,22,23)(H2,21,24,25). The first-order valence-corrected chi connectivity index (χ1v) is 10.2. The Bertz CT molecular complexity index is 846. The maximum Gasteiger partial charge on any atom is 0.315 e. The van der Waals surface area contributed by atoms with Crippen LogP contribution in [0.3, 0.4) is 0 Å². The Morgan fingerprint density at radius 3 is 2.70 bits per heavy atom. The highest BCUT2D eigenvalue weighted by atomic mass is 32.2. The number of rotatable bonds is 8. The number of benzene rings is 2. The lowest BCUT2D eigenvalue weighted by atomic mass is 10.2. The molecular formula is C20H24N4O2S. The number of nitrogens with one attached hydrogen (secondary N) is 3. The van der Waals surface area contributed by atoms with E-state index in [4.69, 9.17) is 4.74 Å². The van der Waals surface area contributed by atoms with Crippen molar-refractivity contribution >= 4 is 28.8 Å². The molecule has 0 saturated heterocycles. The van der Waals surface area contributed by atoms with Gasteiger partial charge in [0.1, 0.15) is 11.6 Å². The van der Waals surface area contributed by atoms with Crippen molar-refractivity contribution in [2.45, 2.75) is 19.0 Å². The van der Waals surface area contributed by atoms with Gasteiger partial charge in [0.25, 0.3) is 0 Å². The zero-order chi connectivity index (χ0) is 19.1. The quantitative estimate of drug-likeness (QED) is 0.551. The van der Waals surface area contributed by atoms with Crippen molar-refractivity contribution in [3.63, 3.8) is 0 Å². The number of ether oxygens (including phenoxy) is 1. The van der Waals surface area contributed by atoms with Gasteiger partial charge in [0.2, 0.25) is 0 Å². The Kier molecular flexibility index (Phi) is 6.59. The number of urea groups is 1. The van der Waals surface area contributed by atoms with E-state index in [9.17, 15) is 4.79 Å². The van der Waals surface area contributed by atoms with E-state index in [-0.39, 0.29) is 12.1 Å². The second-order valence-electron chi connectivity index (χ2n) is 6.15. The van der Waals surface area contributed by atoms with Gasteiger partial charge in [-0.05, 0) is 48.3 Å². The number of H-pyrrole nitrogens is 1. The van der Waals surface area contributed by atoms with Gasteiger partial charge in [-0.2, -0.15) is 11.8 Å². The van der Waals surface area contributed by atoms with Gasteiger partial charge in [0, 0.05) is 6.54 Å². The van der Waals surface area contributed by atoms with E-state index in [1.165, 1.54) is 0 Å². The van der Waals surface area contributed by atoms with Crippen LogP contribution in [0, 0.1) is 0 Å². The molecule has 0 aliphatic carbocycles. The molecule has 0 aliphatic heterocycles. The molecule has 6 nitrogen and oxygen atoms in total. The largest absolute Gasteiger partial charge is 0.497 e. The molecule has 0 fully saturated rings. The zero-order valence-electron chi connectivity index (χ0n) is 15.5. The highest BCUT2D eigenvalue weighted by Gasteiger charge is 2.18. The van der Waals surface area contributed by atoms with Gasteiger partial charge < -0.3 is 20.4 Å². The number of amides is 2. The Labute approximate surface area is 163 Å². The van der Waals surface area contributed by atoms with Crippen LogP contribution in [0.15, 0.2) is 48.5 Å². The number of thioether (sulfide) groups is 1. The number of carbonyl (C=O) groups is 1. The molecule has 7 heteroatoms. The van der Waals surface area contributed by atoms with E-state index < -0.39 is 0 Å². The van der Waals surface area contributed by atoms with Crippen LogP contribution in [0.25, 0.3) is 11.0 Å². The molecule has 0 saturated carbocycles. The maximum absolute atomic E-state index is 12.4. The van der Waals surface area contributed by atoms with Crippen LogP contribution in [0.1, 0.15) is 23.9 Å². The zero-order valence-corrected chi connectivity index (χ0v) is 16.3. The average molecular weight is 385 g/mol. The van der Waals surface area contributed by atoms with Crippen LogP contribution < -0.4 is 15.4 Å². The Morgan fingerprint density at radius 2 is 2.00 bits per heavy atom. The van der Waals surface area contributed by atoms with Gasteiger partial charge in [-0.15, -0.1) is 0 Å². The van der Waals surface area contributed by atoms with Gasteiger partial charge in [-0.3, -0.25) is 0 Å². The molecule has 1 heterocycles. The molecule has 2 amide bonds. The molecule has 0 radical (unpaired) electrons. The summed E-state index contributed by atoms with van der Waals surface area (Å²) in [5, 5.41) is 5.95. The third-order valence-electron chi connectivity index (χ3n) is 4.27. The number of hydrogen-bond acceptors (Lipinski definition) is 4. The van der Waals surface area contributed by atoms with Crippen molar-refractivity contribution in [2.75, 3.05) is 19.1 Å². The molecule has 1 atom stereocenters.